The number of ether oxygens (including phenoxy) is 1. The number of hydrogen-bond donors (Lipinski definition) is 2. The Balaban J connectivity index is 2.67. The number of nitrogens with one attached hydrogen (secondary N) is 1. The van der Waals surface area contributed by atoms with Crippen molar-refractivity contribution >= 4 is 27.5 Å². The van der Waals surface area contributed by atoms with Crippen LogP contribution in [0.15, 0.2) is 23.1 Å². The molecule has 1 amide bonds. The van der Waals surface area contributed by atoms with Crippen molar-refractivity contribution in [2.45, 2.75) is 31.7 Å². The Morgan fingerprint density at radius 1 is 1.38 bits per heavy atom. The first-order valence-electron chi connectivity index (χ1n) is 6.35. The summed E-state index contributed by atoms with van der Waals surface area (Å²) in [4.78, 5) is 11.6. The number of halogens is 1. The monoisotopic (exact) mass is 334 g/mol. The van der Waals surface area contributed by atoms with Gasteiger partial charge in [0, 0.05) is 6.04 Å². The average Bonchev–Trinajstić information content (AvgIpc) is 2.35. The molecule has 0 aliphatic carbocycles. The number of carbonyl (C=O) groups excluding carboxylic acids is 1. The summed E-state index contributed by atoms with van der Waals surface area (Å²) in [6, 6.07) is 3.84. The van der Waals surface area contributed by atoms with Crippen molar-refractivity contribution in [2.75, 3.05) is 6.61 Å². The van der Waals surface area contributed by atoms with E-state index in [1.165, 1.54) is 18.2 Å². The Morgan fingerprint density at radius 2 is 2.00 bits per heavy atom. The number of benzene rings is 1. The maximum absolute atomic E-state index is 11.7. The third-order valence-electron chi connectivity index (χ3n) is 2.98. The van der Waals surface area contributed by atoms with Crippen molar-refractivity contribution in [3.8, 4) is 5.75 Å². The molecule has 8 heteroatoms. The molecule has 1 atom stereocenters. The highest BCUT2D eigenvalue weighted by Gasteiger charge is 2.14. The van der Waals surface area contributed by atoms with Gasteiger partial charge in [-0.05, 0) is 31.0 Å². The van der Waals surface area contributed by atoms with E-state index in [2.05, 4.69) is 5.32 Å². The summed E-state index contributed by atoms with van der Waals surface area (Å²) in [5.41, 5.74) is 0. The van der Waals surface area contributed by atoms with Gasteiger partial charge in [-0.2, -0.15) is 0 Å². The van der Waals surface area contributed by atoms with Gasteiger partial charge in [0.05, 0.1) is 9.92 Å². The molecule has 0 aliphatic heterocycles. The average molecular weight is 335 g/mol. The van der Waals surface area contributed by atoms with Crippen molar-refractivity contribution in [2.24, 2.45) is 11.1 Å². The molecule has 1 aromatic rings. The molecule has 0 bridgehead atoms. The van der Waals surface area contributed by atoms with Gasteiger partial charge in [0.25, 0.3) is 5.91 Å². The van der Waals surface area contributed by atoms with Crippen molar-refractivity contribution in [1.82, 2.24) is 5.32 Å². The lowest BCUT2D eigenvalue weighted by Crippen LogP contribution is -2.38. The predicted octanol–water partition coefficient (Wildman–Crippen LogP) is 1.53. The zero-order chi connectivity index (χ0) is 16.2. The number of rotatable bonds is 6. The SMILES string of the molecule is CC(C)C(C)NC(=O)COc1ccc(S(N)(=O)=O)cc1Cl. The van der Waals surface area contributed by atoms with Gasteiger partial charge in [0.1, 0.15) is 5.75 Å². The number of sulfonamides is 1. The first-order valence-corrected chi connectivity index (χ1v) is 8.28. The van der Waals surface area contributed by atoms with Crippen LogP contribution in [0.4, 0.5) is 0 Å². The molecule has 0 saturated heterocycles. The van der Waals surface area contributed by atoms with Crippen molar-refractivity contribution < 1.29 is 17.9 Å². The predicted molar refractivity (Wildman–Crippen MR) is 80.8 cm³/mol. The van der Waals surface area contributed by atoms with E-state index in [0.29, 0.717) is 5.92 Å². The van der Waals surface area contributed by atoms with Gasteiger partial charge in [-0.3, -0.25) is 4.79 Å². The van der Waals surface area contributed by atoms with E-state index in [1.54, 1.807) is 0 Å². The summed E-state index contributed by atoms with van der Waals surface area (Å²) in [6.45, 7) is 5.69. The second-order valence-electron chi connectivity index (χ2n) is 5.03. The summed E-state index contributed by atoms with van der Waals surface area (Å²) in [5, 5.41) is 7.85. The van der Waals surface area contributed by atoms with E-state index in [-0.39, 0.29) is 34.2 Å². The van der Waals surface area contributed by atoms with Crippen LogP contribution in [-0.4, -0.2) is 27.0 Å². The van der Waals surface area contributed by atoms with Crippen LogP contribution in [0.2, 0.25) is 5.02 Å². The van der Waals surface area contributed by atoms with Crippen LogP contribution in [0.25, 0.3) is 0 Å². The summed E-state index contributed by atoms with van der Waals surface area (Å²) in [6.07, 6.45) is 0. The van der Waals surface area contributed by atoms with Crippen molar-refractivity contribution in [1.29, 1.82) is 0 Å². The minimum absolute atomic E-state index is 0.0290. The number of hydrogen-bond acceptors (Lipinski definition) is 4. The smallest absolute Gasteiger partial charge is 0.258 e. The van der Waals surface area contributed by atoms with Gasteiger partial charge in [-0.25, -0.2) is 13.6 Å². The quantitative estimate of drug-likeness (QED) is 0.824. The largest absolute Gasteiger partial charge is 0.482 e. The molecule has 0 heterocycles. The number of primary sulfonamides is 1. The molecule has 0 aliphatic rings. The maximum Gasteiger partial charge on any atom is 0.258 e. The highest BCUT2D eigenvalue weighted by molar-refractivity contribution is 7.89. The van der Waals surface area contributed by atoms with Crippen LogP contribution in [0.1, 0.15) is 20.8 Å². The molecule has 0 aromatic heterocycles. The molecule has 1 rings (SSSR count). The third kappa shape index (κ3) is 5.53. The van der Waals surface area contributed by atoms with E-state index in [4.69, 9.17) is 21.5 Å². The fourth-order valence-electron chi connectivity index (χ4n) is 1.38. The van der Waals surface area contributed by atoms with E-state index in [1.807, 2.05) is 20.8 Å². The lowest BCUT2D eigenvalue weighted by atomic mass is 10.1. The summed E-state index contributed by atoms with van der Waals surface area (Å²) in [5.74, 6) is 0.255. The van der Waals surface area contributed by atoms with Gasteiger partial charge in [0.15, 0.2) is 6.61 Å². The van der Waals surface area contributed by atoms with Gasteiger partial charge in [-0.1, -0.05) is 25.4 Å². The Kier molecular flexibility index (Phi) is 6.00. The molecular formula is C13H19ClN2O4S. The molecule has 6 nitrogen and oxygen atoms in total. The summed E-state index contributed by atoms with van der Waals surface area (Å²) < 4.78 is 27.6. The van der Waals surface area contributed by atoms with Crippen LogP contribution in [0.5, 0.6) is 5.75 Å². The third-order valence-corrected chi connectivity index (χ3v) is 4.19. The van der Waals surface area contributed by atoms with Gasteiger partial charge in [-0.15, -0.1) is 0 Å². The van der Waals surface area contributed by atoms with Crippen molar-refractivity contribution in [3.63, 3.8) is 0 Å². The van der Waals surface area contributed by atoms with Gasteiger partial charge < -0.3 is 10.1 Å². The van der Waals surface area contributed by atoms with Crippen LogP contribution in [0, 0.1) is 5.92 Å². The Bertz CT molecular complexity index is 617. The number of nitrogens with two attached hydrogens (primary N) is 1. The van der Waals surface area contributed by atoms with E-state index < -0.39 is 10.0 Å². The number of carbonyl (C=O) groups is 1. The lowest BCUT2D eigenvalue weighted by Gasteiger charge is -2.17. The molecule has 0 fully saturated rings. The van der Waals surface area contributed by atoms with Crippen LogP contribution < -0.4 is 15.2 Å². The highest BCUT2D eigenvalue weighted by Crippen LogP contribution is 2.26. The molecule has 1 unspecified atom stereocenters. The normalized spacial score (nSPS) is 13.0. The van der Waals surface area contributed by atoms with E-state index in [9.17, 15) is 13.2 Å². The van der Waals surface area contributed by atoms with Gasteiger partial charge in [0.2, 0.25) is 10.0 Å². The second kappa shape index (κ2) is 7.11. The number of amides is 1. The molecular weight excluding hydrogens is 316 g/mol. The topological polar surface area (TPSA) is 98.5 Å². The maximum atomic E-state index is 11.7. The molecule has 0 spiro atoms. The molecule has 0 radical (unpaired) electrons. The van der Waals surface area contributed by atoms with Crippen LogP contribution in [0.3, 0.4) is 0 Å². The first kappa shape index (κ1) is 17.7. The molecule has 0 saturated carbocycles. The Hall–Kier alpha value is -1.31. The summed E-state index contributed by atoms with van der Waals surface area (Å²) in [7, 11) is -3.82. The minimum atomic E-state index is -3.82. The molecule has 3 N–H and O–H groups in total. The minimum Gasteiger partial charge on any atom is -0.482 e. The Morgan fingerprint density at radius 3 is 2.48 bits per heavy atom. The van der Waals surface area contributed by atoms with Gasteiger partial charge >= 0.3 is 0 Å². The van der Waals surface area contributed by atoms with Crippen molar-refractivity contribution in [3.05, 3.63) is 23.2 Å². The fourth-order valence-corrected chi connectivity index (χ4v) is 2.22. The molecule has 21 heavy (non-hydrogen) atoms. The second-order valence-corrected chi connectivity index (χ2v) is 6.99. The standard InChI is InChI=1S/C13H19ClN2O4S/c1-8(2)9(3)16-13(17)7-20-12-5-4-10(6-11(12)14)21(15,18)19/h4-6,8-9H,7H2,1-3H3,(H,16,17)(H2,15,18,19). The lowest BCUT2D eigenvalue weighted by molar-refractivity contribution is -0.124. The first-order chi connectivity index (χ1) is 9.61. The zero-order valence-electron chi connectivity index (χ0n) is 12.1. The molecule has 1 aromatic carbocycles. The van der Waals surface area contributed by atoms with E-state index >= 15 is 0 Å². The van der Waals surface area contributed by atoms with Crippen LogP contribution in [-0.2, 0) is 14.8 Å². The van der Waals surface area contributed by atoms with E-state index in [0.717, 1.165) is 0 Å². The summed E-state index contributed by atoms with van der Waals surface area (Å²) >= 11 is 5.90. The Labute approximate surface area is 129 Å². The highest BCUT2D eigenvalue weighted by atomic mass is 35.5. The molecule has 118 valence electrons. The van der Waals surface area contributed by atoms with Crippen LogP contribution >= 0.6 is 11.6 Å². The fraction of sp³-hybridized carbons (Fsp3) is 0.462. The zero-order valence-corrected chi connectivity index (χ0v) is 13.7.